The predicted molar refractivity (Wildman–Crippen MR) is 73.0 cm³/mol. The fourth-order valence-electron chi connectivity index (χ4n) is 1.89. The molecule has 0 radical (unpaired) electrons. The molecule has 5 nitrogen and oxygen atoms in total. The number of hydrogen-bond donors (Lipinski definition) is 1. The van der Waals surface area contributed by atoms with Crippen molar-refractivity contribution >= 4 is 21.8 Å². The van der Waals surface area contributed by atoms with E-state index in [1.54, 1.807) is 17.0 Å². The van der Waals surface area contributed by atoms with Crippen molar-refractivity contribution < 1.29 is 19.4 Å². The van der Waals surface area contributed by atoms with Crippen LogP contribution < -0.4 is 4.74 Å². The van der Waals surface area contributed by atoms with E-state index in [-0.39, 0.29) is 25.2 Å². The van der Waals surface area contributed by atoms with E-state index in [4.69, 9.17) is 9.47 Å². The molecule has 1 aromatic rings. The van der Waals surface area contributed by atoms with E-state index >= 15 is 0 Å². The number of morpholine rings is 1. The maximum Gasteiger partial charge on any atom is 0.260 e. The number of halogens is 1. The van der Waals surface area contributed by atoms with Crippen LogP contribution in [-0.2, 0) is 9.53 Å². The number of carbonyl (C=O) groups excluding carboxylic acids is 1. The lowest BCUT2D eigenvalue weighted by molar-refractivity contribution is -0.143. The van der Waals surface area contributed by atoms with E-state index in [0.717, 1.165) is 4.47 Å². The van der Waals surface area contributed by atoms with Crippen molar-refractivity contribution in [1.82, 2.24) is 4.90 Å². The molecule has 1 aliphatic rings. The van der Waals surface area contributed by atoms with Gasteiger partial charge in [0.1, 0.15) is 5.75 Å². The van der Waals surface area contributed by atoms with Gasteiger partial charge in [0.15, 0.2) is 6.61 Å². The molecule has 0 bridgehead atoms. The van der Waals surface area contributed by atoms with Gasteiger partial charge in [-0.1, -0.05) is 15.9 Å². The summed E-state index contributed by atoms with van der Waals surface area (Å²) in [5.41, 5.74) is 0. The second kappa shape index (κ2) is 6.88. The van der Waals surface area contributed by atoms with Crippen molar-refractivity contribution in [2.75, 3.05) is 33.0 Å². The average molecular weight is 330 g/mol. The molecule has 1 amide bonds. The lowest BCUT2D eigenvalue weighted by Crippen LogP contribution is -2.51. The minimum atomic E-state index is -0.269. The van der Waals surface area contributed by atoms with Crippen LogP contribution in [0.4, 0.5) is 0 Å². The monoisotopic (exact) mass is 329 g/mol. The predicted octanol–water partition coefficient (Wildman–Crippen LogP) is 1.05. The zero-order valence-electron chi connectivity index (χ0n) is 10.4. The van der Waals surface area contributed by atoms with E-state index in [2.05, 4.69) is 15.9 Å². The Kier molecular flexibility index (Phi) is 5.18. The van der Waals surface area contributed by atoms with Gasteiger partial charge in [-0.2, -0.15) is 0 Å². The zero-order chi connectivity index (χ0) is 13.7. The molecule has 1 fully saturated rings. The lowest BCUT2D eigenvalue weighted by Gasteiger charge is -2.34. The largest absolute Gasteiger partial charge is 0.484 e. The maximum atomic E-state index is 12.0. The number of aliphatic hydroxyl groups is 1. The van der Waals surface area contributed by atoms with Gasteiger partial charge in [-0.05, 0) is 24.3 Å². The topological polar surface area (TPSA) is 59.0 Å². The maximum absolute atomic E-state index is 12.0. The quantitative estimate of drug-likeness (QED) is 0.897. The van der Waals surface area contributed by atoms with Crippen LogP contribution >= 0.6 is 15.9 Å². The SMILES string of the molecule is O=C(COc1ccc(Br)cc1)N1CCOCC1CO. The van der Waals surface area contributed by atoms with Crippen molar-refractivity contribution in [3.8, 4) is 5.75 Å². The molecular formula is C13H16BrNO4. The molecule has 0 aliphatic carbocycles. The third kappa shape index (κ3) is 3.92. The Morgan fingerprint density at radius 1 is 1.47 bits per heavy atom. The van der Waals surface area contributed by atoms with Crippen molar-refractivity contribution in [2.24, 2.45) is 0 Å². The zero-order valence-corrected chi connectivity index (χ0v) is 12.0. The normalized spacial score (nSPS) is 19.3. The third-order valence-corrected chi connectivity index (χ3v) is 3.46. The minimum Gasteiger partial charge on any atom is -0.484 e. The first-order chi connectivity index (χ1) is 9.20. The fraction of sp³-hybridized carbons (Fsp3) is 0.462. The molecule has 104 valence electrons. The van der Waals surface area contributed by atoms with Crippen molar-refractivity contribution in [1.29, 1.82) is 0 Å². The van der Waals surface area contributed by atoms with Crippen molar-refractivity contribution in [3.05, 3.63) is 28.7 Å². The Bertz CT molecular complexity index is 423. The molecule has 0 saturated carbocycles. The van der Waals surface area contributed by atoms with Crippen LogP contribution in [0.25, 0.3) is 0 Å². The number of ether oxygens (including phenoxy) is 2. The second-order valence-corrected chi connectivity index (χ2v) is 5.16. The highest BCUT2D eigenvalue weighted by molar-refractivity contribution is 9.10. The summed E-state index contributed by atoms with van der Waals surface area (Å²) < 4.78 is 11.6. The standard InChI is InChI=1S/C13H16BrNO4/c14-10-1-3-12(4-2-10)19-9-13(17)15-5-6-18-8-11(15)7-16/h1-4,11,16H,5-9H2. The Balaban J connectivity index is 1.87. The van der Waals surface area contributed by atoms with Gasteiger partial charge in [0.05, 0.1) is 25.9 Å². The molecule has 1 N–H and O–H groups in total. The van der Waals surface area contributed by atoms with Crippen LogP contribution in [0, 0.1) is 0 Å². The summed E-state index contributed by atoms with van der Waals surface area (Å²) in [6, 6.07) is 7.02. The van der Waals surface area contributed by atoms with Gasteiger partial charge < -0.3 is 19.5 Å². The number of benzene rings is 1. The highest BCUT2D eigenvalue weighted by Crippen LogP contribution is 2.16. The van der Waals surface area contributed by atoms with E-state index in [0.29, 0.717) is 25.5 Å². The van der Waals surface area contributed by atoms with Crippen LogP contribution in [0.3, 0.4) is 0 Å². The molecule has 1 aromatic carbocycles. The molecule has 6 heteroatoms. The molecule has 1 saturated heterocycles. The summed E-state index contributed by atoms with van der Waals surface area (Å²) in [4.78, 5) is 13.6. The highest BCUT2D eigenvalue weighted by atomic mass is 79.9. The molecule has 1 heterocycles. The molecule has 19 heavy (non-hydrogen) atoms. The first-order valence-electron chi connectivity index (χ1n) is 6.07. The van der Waals surface area contributed by atoms with Crippen LogP contribution in [-0.4, -0.2) is 54.9 Å². The first-order valence-corrected chi connectivity index (χ1v) is 6.86. The molecule has 0 aromatic heterocycles. The van der Waals surface area contributed by atoms with Crippen LogP contribution in [0.15, 0.2) is 28.7 Å². The molecule has 1 atom stereocenters. The molecule has 1 aliphatic heterocycles. The highest BCUT2D eigenvalue weighted by Gasteiger charge is 2.26. The molecule has 1 unspecified atom stereocenters. The molecule has 0 spiro atoms. The third-order valence-electron chi connectivity index (χ3n) is 2.93. The summed E-state index contributed by atoms with van der Waals surface area (Å²) in [7, 11) is 0. The van der Waals surface area contributed by atoms with Gasteiger partial charge in [0.2, 0.25) is 0 Å². The number of aliphatic hydroxyl groups excluding tert-OH is 1. The number of rotatable bonds is 4. The summed E-state index contributed by atoms with van der Waals surface area (Å²) in [5.74, 6) is 0.510. The van der Waals surface area contributed by atoms with E-state index in [1.807, 2.05) is 12.1 Å². The van der Waals surface area contributed by atoms with Crippen LogP contribution in [0.5, 0.6) is 5.75 Å². The Labute approximate surface area is 120 Å². The Morgan fingerprint density at radius 2 is 2.21 bits per heavy atom. The second-order valence-electron chi connectivity index (χ2n) is 4.24. The van der Waals surface area contributed by atoms with E-state index in [1.165, 1.54) is 0 Å². The number of nitrogens with zero attached hydrogens (tertiary/aromatic N) is 1. The first kappa shape index (κ1) is 14.3. The summed E-state index contributed by atoms with van der Waals surface area (Å²) in [6.45, 7) is 1.25. The summed E-state index contributed by atoms with van der Waals surface area (Å²) in [5, 5.41) is 9.21. The van der Waals surface area contributed by atoms with E-state index < -0.39 is 0 Å². The summed E-state index contributed by atoms with van der Waals surface area (Å²) in [6.07, 6.45) is 0. The number of carbonyl (C=O) groups is 1. The van der Waals surface area contributed by atoms with Gasteiger partial charge in [0.25, 0.3) is 5.91 Å². The number of hydrogen-bond acceptors (Lipinski definition) is 4. The van der Waals surface area contributed by atoms with Gasteiger partial charge in [-0.3, -0.25) is 4.79 Å². The Hall–Kier alpha value is -1.11. The van der Waals surface area contributed by atoms with Crippen LogP contribution in [0.2, 0.25) is 0 Å². The Morgan fingerprint density at radius 3 is 2.89 bits per heavy atom. The number of amides is 1. The summed E-state index contributed by atoms with van der Waals surface area (Å²) >= 11 is 3.33. The van der Waals surface area contributed by atoms with Gasteiger partial charge in [-0.15, -0.1) is 0 Å². The van der Waals surface area contributed by atoms with Gasteiger partial charge >= 0.3 is 0 Å². The molecule has 2 rings (SSSR count). The molecular weight excluding hydrogens is 314 g/mol. The van der Waals surface area contributed by atoms with Gasteiger partial charge in [0, 0.05) is 11.0 Å². The van der Waals surface area contributed by atoms with Crippen molar-refractivity contribution in [3.63, 3.8) is 0 Å². The fourth-order valence-corrected chi connectivity index (χ4v) is 2.16. The minimum absolute atomic E-state index is 0.0296. The van der Waals surface area contributed by atoms with Gasteiger partial charge in [-0.25, -0.2) is 0 Å². The average Bonchev–Trinajstić information content (AvgIpc) is 2.46. The van der Waals surface area contributed by atoms with Crippen molar-refractivity contribution in [2.45, 2.75) is 6.04 Å². The van der Waals surface area contributed by atoms with Crippen LogP contribution in [0.1, 0.15) is 0 Å². The smallest absolute Gasteiger partial charge is 0.260 e. The lowest BCUT2D eigenvalue weighted by atomic mass is 10.2. The van der Waals surface area contributed by atoms with E-state index in [9.17, 15) is 9.90 Å².